The van der Waals surface area contributed by atoms with E-state index in [1.165, 1.54) is 0 Å². The number of carboxylic acids is 1. The van der Waals surface area contributed by atoms with E-state index < -0.39 is 11.4 Å². The van der Waals surface area contributed by atoms with Crippen LogP contribution in [-0.4, -0.2) is 24.4 Å². The van der Waals surface area contributed by atoms with Crippen molar-refractivity contribution >= 4 is 17.7 Å². The van der Waals surface area contributed by atoms with Crippen LogP contribution in [0.25, 0.3) is 0 Å². The number of methoxy groups -OCH3 is 1. The van der Waals surface area contributed by atoms with Crippen molar-refractivity contribution in [1.29, 1.82) is 0 Å². The molecule has 0 fully saturated rings. The Morgan fingerprint density at radius 3 is 2.50 bits per heavy atom. The molecule has 0 aliphatic heterocycles. The SMILES string of the molecule is COc1cc(C)c(SC)cc1C(C)(C)CC(=O)O. The van der Waals surface area contributed by atoms with Crippen LogP contribution >= 0.6 is 11.8 Å². The largest absolute Gasteiger partial charge is 0.496 e. The summed E-state index contributed by atoms with van der Waals surface area (Å²) in [5.74, 6) is -0.0371. The normalized spacial score (nSPS) is 11.4. The van der Waals surface area contributed by atoms with Gasteiger partial charge in [-0.2, -0.15) is 0 Å². The second-order valence-electron chi connectivity index (χ2n) is 4.98. The van der Waals surface area contributed by atoms with Gasteiger partial charge in [0.2, 0.25) is 0 Å². The third kappa shape index (κ3) is 3.19. The summed E-state index contributed by atoms with van der Waals surface area (Å²) in [5, 5.41) is 9.01. The predicted molar refractivity (Wildman–Crippen MR) is 74.8 cm³/mol. The minimum Gasteiger partial charge on any atom is -0.496 e. The summed E-state index contributed by atoms with van der Waals surface area (Å²) in [5.41, 5.74) is 1.65. The highest BCUT2D eigenvalue weighted by Crippen LogP contribution is 2.38. The minimum atomic E-state index is -0.798. The maximum Gasteiger partial charge on any atom is 0.304 e. The molecule has 0 aliphatic carbocycles. The molecule has 0 unspecified atom stereocenters. The van der Waals surface area contributed by atoms with Gasteiger partial charge in [0.15, 0.2) is 0 Å². The molecule has 0 bridgehead atoms. The van der Waals surface area contributed by atoms with E-state index in [9.17, 15) is 4.79 Å². The first kappa shape index (κ1) is 14.9. The Balaban J connectivity index is 3.32. The second kappa shape index (κ2) is 5.65. The van der Waals surface area contributed by atoms with Crippen LogP contribution in [0.5, 0.6) is 5.75 Å². The average molecular weight is 268 g/mol. The predicted octanol–water partition coefficient (Wildman–Crippen LogP) is 3.48. The van der Waals surface area contributed by atoms with Crippen molar-refractivity contribution in [3.8, 4) is 5.75 Å². The summed E-state index contributed by atoms with van der Waals surface area (Å²) >= 11 is 1.66. The third-order valence-corrected chi connectivity index (χ3v) is 3.92. The molecule has 0 aromatic heterocycles. The zero-order valence-electron chi connectivity index (χ0n) is 11.5. The first-order valence-electron chi connectivity index (χ1n) is 5.76. The number of carbonyl (C=O) groups is 1. The van der Waals surface area contributed by atoms with Crippen LogP contribution in [-0.2, 0) is 10.2 Å². The van der Waals surface area contributed by atoms with Crippen molar-refractivity contribution in [2.24, 2.45) is 0 Å². The lowest BCUT2D eigenvalue weighted by Gasteiger charge is -2.26. The van der Waals surface area contributed by atoms with Crippen molar-refractivity contribution < 1.29 is 14.6 Å². The average Bonchev–Trinajstić information content (AvgIpc) is 2.26. The van der Waals surface area contributed by atoms with E-state index in [2.05, 4.69) is 0 Å². The van der Waals surface area contributed by atoms with Crippen LogP contribution in [0.1, 0.15) is 31.4 Å². The van der Waals surface area contributed by atoms with E-state index in [1.54, 1.807) is 18.9 Å². The molecule has 0 amide bonds. The van der Waals surface area contributed by atoms with E-state index in [4.69, 9.17) is 9.84 Å². The zero-order chi connectivity index (χ0) is 13.9. The van der Waals surface area contributed by atoms with E-state index in [-0.39, 0.29) is 6.42 Å². The third-order valence-electron chi connectivity index (χ3n) is 3.04. The Labute approximate surface area is 113 Å². The molecule has 100 valence electrons. The number of aliphatic carboxylic acids is 1. The lowest BCUT2D eigenvalue weighted by Crippen LogP contribution is -2.22. The van der Waals surface area contributed by atoms with E-state index in [0.717, 1.165) is 21.8 Å². The molecule has 1 aromatic rings. The van der Waals surface area contributed by atoms with Crippen molar-refractivity contribution in [1.82, 2.24) is 0 Å². The van der Waals surface area contributed by atoms with Gasteiger partial charge in [-0.25, -0.2) is 0 Å². The fraction of sp³-hybridized carbons (Fsp3) is 0.500. The van der Waals surface area contributed by atoms with Crippen LogP contribution in [0, 0.1) is 6.92 Å². The number of carboxylic acid groups (broad SMARTS) is 1. The first-order chi connectivity index (χ1) is 8.31. The molecule has 1 aromatic carbocycles. The number of rotatable bonds is 5. The van der Waals surface area contributed by atoms with Gasteiger partial charge in [0, 0.05) is 15.9 Å². The fourth-order valence-corrected chi connectivity index (χ4v) is 2.67. The molecule has 0 radical (unpaired) electrons. The van der Waals surface area contributed by atoms with Gasteiger partial charge in [0.1, 0.15) is 5.75 Å². The molecule has 3 nitrogen and oxygen atoms in total. The monoisotopic (exact) mass is 268 g/mol. The van der Waals surface area contributed by atoms with Crippen molar-refractivity contribution in [2.75, 3.05) is 13.4 Å². The molecule has 4 heteroatoms. The number of thioether (sulfide) groups is 1. The molecule has 1 N–H and O–H groups in total. The number of hydrogen-bond acceptors (Lipinski definition) is 3. The minimum absolute atomic E-state index is 0.0836. The van der Waals surface area contributed by atoms with E-state index in [1.807, 2.05) is 39.2 Å². The topological polar surface area (TPSA) is 46.5 Å². The van der Waals surface area contributed by atoms with Gasteiger partial charge in [-0.3, -0.25) is 4.79 Å². The summed E-state index contributed by atoms with van der Waals surface area (Å²) in [4.78, 5) is 12.1. The van der Waals surface area contributed by atoms with Gasteiger partial charge in [-0.15, -0.1) is 11.8 Å². The van der Waals surface area contributed by atoms with Crippen molar-refractivity contribution in [2.45, 2.75) is 37.5 Å². The smallest absolute Gasteiger partial charge is 0.304 e. The Hall–Kier alpha value is -1.16. The number of benzene rings is 1. The van der Waals surface area contributed by atoms with Crippen LogP contribution < -0.4 is 4.74 Å². The maximum atomic E-state index is 11.0. The summed E-state index contributed by atoms with van der Waals surface area (Å²) < 4.78 is 5.39. The molecular formula is C14H20O3S. The summed E-state index contributed by atoms with van der Waals surface area (Å²) in [6.45, 7) is 5.89. The van der Waals surface area contributed by atoms with Crippen LogP contribution in [0.15, 0.2) is 17.0 Å². The van der Waals surface area contributed by atoms with E-state index in [0.29, 0.717) is 0 Å². The maximum absolute atomic E-state index is 11.0. The fourth-order valence-electron chi connectivity index (χ4n) is 2.05. The van der Waals surface area contributed by atoms with Gasteiger partial charge >= 0.3 is 5.97 Å². The molecule has 18 heavy (non-hydrogen) atoms. The van der Waals surface area contributed by atoms with Gasteiger partial charge in [-0.1, -0.05) is 13.8 Å². The van der Waals surface area contributed by atoms with Crippen LogP contribution in [0.2, 0.25) is 0 Å². The number of hydrogen-bond donors (Lipinski definition) is 1. The quantitative estimate of drug-likeness (QED) is 0.831. The highest BCUT2D eigenvalue weighted by molar-refractivity contribution is 7.98. The lowest BCUT2D eigenvalue weighted by molar-refractivity contribution is -0.138. The highest BCUT2D eigenvalue weighted by atomic mass is 32.2. The lowest BCUT2D eigenvalue weighted by atomic mass is 9.80. The van der Waals surface area contributed by atoms with Crippen molar-refractivity contribution in [3.63, 3.8) is 0 Å². The second-order valence-corrected chi connectivity index (χ2v) is 5.82. The highest BCUT2D eigenvalue weighted by Gasteiger charge is 2.28. The van der Waals surface area contributed by atoms with Gasteiger partial charge in [-0.05, 0) is 30.9 Å². The molecule has 0 saturated heterocycles. The summed E-state index contributed by atoms with van der Waals surface area (Å²) in [7, 11) is 1.62. The summed E-state index contributed by atoms with van der Waals surface area (Å²) in [6.07, 6.45) is 2.10. The number of aryl methyl sites for hydroxylation is 1. The molecule has 0 spiro atoms. The standard InChI is InChI=1S/C14H20O3S/c1-9-6-11(17-4)10(7-12(9)18-5)14(2,3)8-13(15)16/h6-7H,8H2,1-5H3,(H,15,16). The Morgan fingerprint density at radius 2 is 2.06 bits per heavy atom. The van der Waals surface area contributed by atoms with Crippen LogP contribution in [0.3, 0.4) is 0 Å². The summed E-state index contributed by atoms with van der Waals surface area (Å²) in [6, 6.07) is 4.02. The van der Waals surface area contributed by atoms with Gasteiger partial charge in [0.25, 0.3) is 0 Å². The molecule has 1 rings (SSSR count). The molecule has 0 aliphatic rings. The van der Waals surface area contributed by atoms with Crippen LogP contribution in [0.4, 0.5) is 0 Å². The molecule has 0 atom stereocenters. The van der Waals surface area contributed by atoms with E-state index >= 15 is 0 Å². The molecule has 0 heterocycles. The Morgan fingerprint density at radius 1 is 1.44 bits per heavy atom. The van der Waals surface area contributed by atoms with Crippen molar-refractivity contribution in [3.05, 3.63) is 23.3 Å². The molecular weight excluding hydrogens is 248 g/mol. The zero-order valence-corrected chi connectivity index (χ0v) is 12.4. The first-order valence-corrected chi connectivity index (χ1v) is 6.99. The Bertz CT molecular complexity index is 453. The molecule has 0 saturated carbocycles. The van der Waals surface area contributed by atoms with Gasteiger partial charge in [0.05, 0.1) is 13.5 Å². The number of ether oxygens (including phenoxy) is 1. The van der Waals surface area contributed by atoms with Gasteiger partial charge < -0.3 is 9.84 Å². The Kier molecular flexibility index (Phi) is 4.68.